The molecular formula is C28H31N5O2. The first-order chi connectivity index (χ1) is 17.2. The quantitative estimate of drug-likeness (QED) is 0.342. The van der Waals surface area contributed by atoms with Crippen molar-refractivity contribution in [2.24, 2.45) is 0 Å². The summed E-state index contributed by atoms with van der Waals surface area (Å²) in [6, 6.07) is 17.8. The lowest BCUT2D eigenvalue weighted by molar-refractivity contribution is 0.222. The van der Waals surface area contributed by atoms with Crippen molar-refractivity contribution in [2.75, 3.05) is 31.6 Å². The maximum atomic E-state index is 13.4. The van der Waals surface area contributed by atoms with Crippen LogP contribution in [0.3, 0.4) is 0 Å². The Bertz CT molecular complexity index is 1340. The molecule has 1 fully saturated rings. The standard InChI is InChI=1S/C28H31N5O2/c1-3-32(4-2)14-15-35-23-12-13-26(30-19-23)31-27-17-25-21(18-29-27)16-24(20-8-6-5-7-9-20)28(34)33(25)22-10-11-22/h5-9,12-13,16-19,22H,3-4,10-11,14-15H2,1-2H3,(H,29,30,31). The van der Waals surface area contributed by atoms with Crippen molar-refractivity contribution in [3.05, 3.63) is 77.3 Å². The van der Waals surface area contributed by atoms with E-state index in [2.05, 4.69) is 34.0 Å². The molecule has 0 atom stereocenters. The number of hydrogen-bond acceptors (Lipinski definition) is 6. The number of benzene rings is 1. The minimum absolute atomic E-state index is 0.0488. The van der Waals surface area contributed by atoms with Crippen molar-refractivity contribution < 1.29 is 4.74 Å². The number of aromatic nitrogens is 3. The summed E-state index contributed by atoms with van der Waals surface area (Å²) in [6.45, 7) is 7.86. The lowest BCUT2D eigenvalue weighted by atomic mass is 10.1. The van der Waals surface area contributed by atoms with Crippen LogP contribution in [-0.2, 0) is 0 Å². The van der Waals surface area contributed by atoms with Crippen molar-refractivity contribution >= 4 is 22.5 Å². The molecule has 5 rings (SSSR count). The van der Waals surface area contributed by atoms with Gasteiger partial charge in [-0.3, -0.25) is 4.79 Å². The van der Waals surface area contributed by atoms with Gasteiger partial charge >= 0.3 is 0 Å². The van der Waals surface area contributed by atoms with Crippen LogP contribution in [0.15, 0.2) is 71.8 Å². The zero-order valence-electron chi connectivity index (χ0n) is 20.3. The first kappa shape index (κ1) is 23.1. The van der Waals surface area contributed by atoms with Gasteiger partial charge in [-0.2, -0.15) is 0 Å². The number of hydrogen-bond donors (Lipinski definition) is 1. The molecule has 1 aromatic carbocycles. The average molecular weight is 470 g/mol. The van der Waals surface area contributed by atoms with E-state index in [1.807, 2.05) is 65.4 Å². The van der Waals surface area contributed by atoms with E-state index in [0.29, 0.717) is 23.8 Å². The molecule has 1 aliphatic carbocycles. The van der Waals surface area contributed by atoms with E-state index in [9.17, 15) is 4.79 Å². The average Bonchev–Trinajstić information content (AvgIpc) is 3.73. The molecule has 0 spiro atoms. The molecule has 1 N–H and O–H groups in total. The van der Waals surface area contributed by atoms with Crippen LogP contribution in [0, 0.1) is 0 Å². The third-order valence-corrected chi connectivity index (χ3v) is 6.48. The van der Waals surface area contributed by atoms with Gasteiger partial charge in [-0.15, -0.1) is 0 Å². The molecular weight excluding hydrogens is 438 g/mol. The van der Waals surface area contributed by atoms with Crippen LogP contribution < -0.4 is 15.6 Å². The van der Waals surface area contributed by atoms with E-state index >= 15 is 0 Å². The van der Waals surface area contributed by atoms with Gasteiger partial charge in [0.1, 0.15) is 24.0 Å². The van der Waals surface area contributed by atoms with Crippen LogP contribution in [0.2, 0.25) is 0 Å². The molecule has 3 heterocycles. The van der Waals surface area contributed by atoms with Gasteiger partial charge in [-0.1, -0.05) is 44.2 Å². The fourth-order valence-electron chi connectivity index (χ4n) is 4.32. The molecule has 0 aliphatic heterocycles. The number of likely N-dealkylation sites (N-methyl/N-ethyl adjacent to an activating group) is 1. The molecule has 0 bridgehead atoms. The lowest BCUT2D eigenvalue weighted by Gasteiger charge is -2.18. The van der Waals surface area contributed by atoms with Crippen LogP contribution in [0.25, 0.3) is 22.0 Å². The minimum Gasteiger partial charge on any atom is -0.491 e. The number of rotatable bonds is 10. The topological polar surface area (TPSA) is 72.3 Å². The Balaban J connectivity index is 1.36. The molecule has 0 radical (unpaired) electrons. The molecule has 1 aliphatic rings. The second-order valence-electron chi connectivity index (χ2n) is 8.84. The summed E-state index contributed by atoms with van der Waals surface area (Å²) in [6.07, 6.45) is 5.59. The highest BCUT2D eigenvalue weighted by Crippen LogP contribution is 2.37. The number of nitrogens with one attached hydrogen (secondary N) is 1. The summed E-state index contributed by atoms with van der Waals surface area (Å²) in [5, 5.41) is 4.22. The van der Waals surface area contributed by atoms with Crippen molar-refractivity contribution in [3.8, 4) is 16.9 Å². The van der Waals surface area contributed by atoms with Gasteiger partial charge in [0.05, 0.1) is 11.7 Å². The Morgan fingerprint density at radius 2 is 1.77 bits per heavy atom. The maximum absolute atomic E-state index is 13.4. The molecule has 3 aromatic heterocycles. The summed E-state index contributed by atoms with van der Waals surface area (Å²) in [4.78, 5) is 24.8. The fourth-order valence-corrected chi connectivity index (χ4v) is 4.32. The van der Waals surface area contributed by atoms with E-state index in [4.69, 9.17) is 4.74 Å². The molecule has 7 nitrogen and oxygen atoms in total. The Morgan fingerprint density at radius 1 is 1.00 bits per heavy atom. The fraction of sp³-hybridized carbons (Fsp3) is 0.321. The van der Waals surface area contributed by atoms with Crippen molar-refractivity contribution in [1.82, 2.24) is 19.4 Å². The normalized spacial score (nSPS) is 13.3. The summed E-state index contributed by atoms with van der Waals surface area (Å²) in [7, 11) is 0. The van der Waals surface area contributed by atoms with Gasteiger partial charge in [-0.05, 0) is 49.7 Å². The summed E-state index contributed by atoms with van der Waals surface area (Å²) in [5.41, 5.74) is 2.59. The smallest absolute Gasteiger partial charge is 0.259 e. The maximum Gasteiger partial charge on any atom is 0.259 e. The molecule has 180 valence electrons. The largest absolute Gasteiger partial charge is 0.491 e. The van der Waals surface area contributed by atoms with Gasteiger partial charge in [0, 0.05) is 35.8 Å². The molecule has 1 saturated carbocycles. The zero-order chi connectivity index (χ0) is 24.2. The Labute approximate surface area is 205 Å². The highest BCUT2D eigenvalue weighted by Gasteiger charge is 2.27. The van der Waals surface area contributed by atoms with E-state index in [-0.39, 0.29) is 11.6 Å². The first-order valence-electron chi connectivity index (χ1n) is 12.3. The minimum atomic E-state index is 0.0488. The van der Waals surface area contributed by atoms with Crippen LogP contribution >= 0.6 is 0 Å². The Kier molecular flexibility index (Phi) is 6.77. The van der Waals surface area contributed by atoms with Crippen LogP contribution in [0.1, 0.15) is 32.7 Å². The van der Waals surface area contributed by atoms with Crippen molar-refractivity contribution in [2.45, 2.75) is 32.7 Å². The lowest BCUT2D eigenvalue weighted by Crippen LogP contribution is -2.27. The third-order valence-electron chi connectivity index (χ3n) is 6.48. The molecule has 0 amide bonds. The predicted molar refractivity (Wildman–Crippen MR) is 141 cm³/mol. The van der Waals surface area contributed by atoms with Crippen LogP contribution in [0.5, 0.6) is 5.75 Å². The van der Waals surface area contributed by atoms with E-state index in [1.54, 1.807) is 6.20 Å². The van der Waals surface area contributed by atoms with Gasteiger partial charge in [0.2, 0.25) is 0 Å². The predicted octanol–water partition coefficient (Wildman–Crippen LogP) is 5.26. The number of nitrogens with zero attached hydrogens (tertiary/aromatic N) is 4. The van der Waals surface area contributed by atoms with E-state index < -0.39 is 0 Å². The van der Waals surface area contributed by atoms with Gasteiger partial charge in [0.15, 0.2) is 0 Å². The second kappa shape index (κ2) is 10.3. The second-order valence-corrected chi connectivity index (χ2v) is 8.84. The summed E-state index contributed by atoms with van der Waals surface area (Å²) < 4.78 is 7.76. The van der Waals surface area contributed by atoms with E-state index in [0.717, 1.165) is 54.7 Å². The van der Waals surface area contributed by atoms with Crippen molar-refractivity contribution in [1.29, 1.82) is 0 Å². The summed E-state index contributed by atoms with van der Waals surface area (Å²) >= 11 is 0. The number of anilines is 2. The number of fused-ring (bicyclic) bond motifs is 1. The highest BCUT2D eigenvalue weighted by molar-refractivity contribution is 5.86. The van der Waals surface area contributed by atoms with Gasteiger partial charge in [-0.25, -0.2) is 9.97 Å². The third kappa shape index (κ3) is 5.20. The Morgan fingerprint density at radius 3 is 2.46 bits per heavy atom. The van der Waals surface area contributed by atoms with E-state index in [1.165, 1.54) is 0 Å². The Hall–Kier alpha value is -3.71. The van der Waals surface area contributed by atoms with Crippen LogP contribution in [-0.4, -0.2) is 45.7 Å². The van der Waals surface area contributed by atoms with Gasteiger partial charge in [0.25, 0.3) is 5.56 Å². The van der Waals surface area contributed by atoms with Crippen LogP contribution in [0.4, 0.5) is 11.6 Å². The molecule has 0 unspecified atom stereocenters. The monoisotopic (exact) mass is 469 g/mol. The highest BCUT2D eigenvalue weighted by atomic mass is 16.5. The van der Waals surface area contributed by atoms with Crippen molar-refractivity contribution in [3.63, 3.8) is 0 Å². The van der Waals surface area contributed by atoms with Gasteiger partial charge < -0.3 is 19.5 Å². The first-order valence-corrected chi connectivity index (χ1v) is 12.3. The number of pyridine rings is 3. The molecule has 0 saturated heterocycles. The number of ether oxygens (including phenoxy) is 1. The molecule has 35 heavy (non-hydrogen) atoms. The summed E-state index contributed by atoms with van der Waals surface area (Å²) in [5.74, 6) is 2.07. The SMILES string of the molecule is CCN(CC)CCOc1ccc(Nc2cc3c(cn2)cc(-c2ccccc2)c(=O)n3C2CC2)nc1. The molecule has 7 heteroatoms. The zero-order valence-corrected chi connectivity index (χ0v) is 20.3. The molecule has 4 aromatic rings.